The molecule has 0 heterocycles. The van der Waals surface area contributed by atoms with Gasteiger partial charge in [0.1, 0.15) is 0 Å². The van der Waals surface area contributed by atoms with Crippen molar-refractivity contribution in [3.05, 3.63) is 34.9 Å². The summed E-state index contributed by atoms with van der Waals surface area (Å²) in [7, 11) is 0. The molecule has 0 radical (unpaired) electrons. The maximum atomic E-state index is 12.4. The Labute approximate surface area is 104 Å². The zero-order chi connectivity index (χ0) is 12.4. The molecule has 0 N–H and O–H groups in total. The first-order valence-corrected chi connectivity index (χ1v) is 6.72. The Bertz CT molecular complexity index is 399. The molecule has 1 fully saturated rings. The maximum Gasteiger partial charge on any atom is 0.165 e. The summed E-state index contributed by atoms with van der Waals surface area (Å²) < 4.78 is 0. The molecule has 0 spiro atoms. The third-order valence-corrected chi connectivity index (χ3v) is 4.00. The zero-order valence-electron chi connectivity index (χ0n) is 11.1. The van der Waals surface area contributed by atoms with E-state index in [2.05, 4.69) is 26.8 Å². The van der Waals surface area contributed by atoms with Gasteiger partial charge >= 0.3 is 0 Å². The van der Waals surface area contributed by atoms with Crippen LogP contribution in [0.3, 0.4) is 0 Å². The van der Waals surface area contributed by atoms with Crippen LogP contribution >= 0.6 is 0 Å². The number of hydrogen-bond donors (Lipinski definition) is 0. The van der Waals surface area contributed by atoms with E-state index in [9.17, 15) is 4.79 Å². The van der Waals surface area contributed by atoms with Gasteiger partial charge in [0.2, 0.25) is 0 Å². The molecule has 2 atom stereocenters. The Kier molecular flexibility index (Phi) is 3.66. The molecule has 0 saturated heterocycles. The van der Waals surface area contributed by atoms with Crippen molar-refractivity contribution in [2.75, 3.05) is 0 Å². The average Bonchev–Trinajstić information content (AvgIpc) is 2.75. The Balaban J connectivity index is 2.14. The van der Waals surface area contributed by atoms with Crippen LogP contribution in [0.4, 0.5) is 0 Å². The number of rotatable bonds is 3. The largest absolute Gasteiger partial charge is 0.294 e. The van der Waals surface area contributed by atoms with E-state index in [0.717, 1.165) is 24.3 Å². The van der Waals surface area contributed by atoms with Gasteiger partial charge < -0.3 is 0 Å². The van der Waals surface area contributed by atoms with E-state index in [1.54, 1.807) is 0 Å². The summed E-state index contributed by atoms with van der Waals surface area (Å²) in [6.07, 6.45) is 4.64. The first-order valence-electron chi connectivity index (χ1n) is 6.72. The molecule has 0 amide bonds. The standard InChI is InChI=1S/C16H22O/c1-4-13-5-6-14(10-13)16(17)15-8-11(2)7-12(3)9-15/h7-9,13-14H,4-6,10H2,1-3H3. The predicted molar refractivity (Wildman–Crippen MR) is 71.4 cm³/mol. The highest BCUT2D eigenvalue weighted by Crippen LogP contribution is 2.35. The maximum absolute atomic E-state index is 12.4. The van der Waals surface area contributed by atoms with E-state index < -0.39 is 0 Å². The molecule has 92 valence electrons. The van der Waals surface area contributed by atoms with Gasteiger partial charge in [0.05, 0.1) is 0 Å². The normalized spacial score (nSPS) is 23.9. The van der Waals surface area contributed by atoms with Gasteiger partial charge in [-0.05, 0) is 51.2 Å². The van der Waals surface area contributed by atoms with E-state index in [1.807, 2.05) is 12.1 Å². The van der Waals surface area contributed by atoms with Crippen LogP contribution in [0.5, 0.6) is 0 Å². The Morgan fingerprint density at radius 3 is 2.35 bits per heavy atom. The van der Waals surface area contributed by atoms with Crippen molar-refractivity contribution in [3.63, 3.8) is 0 Å². The molecular weight excluding hydrogens is 208 g/mol. The quantitative estimate of drug-likeness (QED) is 0.707. The number of carbonyl (C=O) groups is 1. The summed E-state index contributed by atoms with van der Waals surface area (Å²) in [5.74, 6) is 1.42. The highest BCUT2D eigenvalue weighted by atomic mass is 16.1. The summed E-state index contributed by atoms with van der Waals surface area (Å²) in [5.41, 5.74) is 3.31. The molecular formula is C16H22O. The monoisotopic (exact) mass is 230 g/mol. The van der Waals surface area contributed by atoms with Crippen molar-refractivity contribution in [3.8, 4) is 0 Å². The van der Waals surface area contributed by atoms with Crippen LogP contribution in [0.25, 0.3) is 0 Å². The summed E-state index contributed by atoms with van der Waals surface area (Å²) in [4.78, 5) is 12.4. The number of benzene rings is 1. The summed E-state index contributed by atoms with van der Waals surface area (Å²) in [6, 6.07) is 6.20. The van der Waals surface area contributed by atoms with Crippen molar-refractivity contribution in [1.29, 1.82) is 0 Å². The lowest BCUT2D eigenvalue weighted by Gasteiger charge is -2.10. The molecule has 0 aliphatic heterocycles. The second-order valence-corrected chi connectivity index (χ2v) is 5.52. The minimum Gasteiger partial charge on any atom is -0.294 e. The van der Waals surface area contributed by atoms with E-state index in [-0.39, 0.29) is 5.92 Å². The molecule has 17 heavy (non-hydrogen) atoms. The number of ketones is 1. The summed E-state index contributed by atoms with van der Waals surface area (Å²) >= 11 is 0. The van der Waals surface area contributed by atoms with Gasteiger partial charge in [-0.25, -0.2) is 0 Å². The SMILES string of the molecule is CCC1CCC(C(=O)c2cc(C)cc(C)c2)C1. The van der Waals surface area contributed by atoms with E-state index in [4.69, 9.17) is 0 Å². The Morgan fingerprint density at radius 2 is 1.82 bits per heavy atom. The molecule has 1 aromatic rings. The fourth-order valence-corrected chi connectivity index (χ4v) is 3.04. The van der Waals surface area contributed by atoms with Crippen LogP contribution in [-0.2, 0) is 0 Å². The second kappa shape index (κ2) is 5.03. The van der Waals surface area contributed by atoms with Gasteiger partial charge in [0.15, 0.2) is 5.78 Å². The Morgan fingerprint density at radius 1 is 1.18 bits per heavy atom. The third-order valence-electron chi connectivity index (χ3n) is 4.00. The van der Waals surface area contributed by atoms with Crippen LogP contribution in [0.1, 0.15) is 54.1 Å². The Hall–Kier alpha value is -1.11. The smallest absolute Gasteiger partial charge is 0.165 e. The van der Waals surface area contributed by atoms with Crippen molar-refractivity contribution < 1.29 is 4.79 Å². The highest BCUT2D eigenvalue weighted by molar-refractivity contribution is 5.98. The molecule has 0 aromatic heterocycles. The van der Waals surface area contributed by atoms with Crippen molar-refractivity contribution in [2.45, 2.75) is 46.5 Å². The average molecular weight is 230 g/mol. The van der Waals surface area contributed by atoms with Crippen LogP contribution in [0.2, 0.25) is 0 Å². The number of hydrogen-bond acceptors (Lipinski definition) is 1. The first-order chi connectivity index (χ1) is 8.10. The van der Waals surface area contributed by atoms with Crippen LogP contribution in [0.15, 0.2) is 18.2 Å². The van der Waals surface area contributed by atoms with Gasteiger partial charge in [0.25, 0.3) is 0 Å². The van der Waals surface area contributed by atoms with Gasteiger partial charge in [-0.3, -0.25) is 4.79 Å². The molecule has 1 aliphatic rings. The van der Waals surface area contributed by atoms with Crippen molar-refractivity contribution in [2.24, 2.45) is 11.8 Å². The topological polar surface area (TPSA) is 17.1 Å². The number of Topliss-reactive ketones (excluding diaryl/α,β-unsaturated/α-hetero) is 1. The molecule has 1 heteroatoms. The second-order valence-electron chi connectivity index (χ2n) is 5.52. The van der Waals surface area contributed by atoms with Crippen LogP contribution < -0.4 is 0 Å². The van der Waals surface area contributed by atoms with Gasteiger partial charge in [0, 0.05) is 11.5 Å². The third kappa shape index (κ3) is 2.77. The lowest BCUT2D eigenvalue weighted by molar-refractivity contribution is 0.0919. The van der Waals surface area contributed by atoms with Crippen molar-refractivity contribution >= 4 is 5.78 Å². The molecule has 0 bridgehead atoms. The molecule has 1 aliphatic carbocycles. The van der Waals surface area contributed by atoms with E-state index in [0.29, 0.717) is 5.78 Å². The fourth-order valence-electron chi connectivity index (χ4n) is 3.04. The first kappa shape index (κ1) is 12.3. The number of carbonyl (C=O) groups excluding carboxylic acids is 1. The molecule has 1 saturated carbocycles. The zero-order valence-corrected chi connectivity index (χ0v) is 11.1. The van der Waals surface area contributed by atoms with Gasteiger partial charge in [-0.15, -0.1) is 0 Å². The molecule has 2 unspecified atom stereocenters. The molecule has 1 aromatic carbocycles. The molecule has 2 rings (SSSR count). The highest BCUT2D eigenvalue weighted by Gasteiger charge is 2.29. The van der Waals surface area contributed by atoms with Gasteiger partial charge in [-0.1, -0.05) is 30.5 Å². The van der Waals surface area contributed by atoms with E-state index >= 15 is 0 Å². The van der Waals surface area contributed by atoms with E-state index in [1.165, 1.54) is 24.0 Å². The minimum absolute atomic E-state index is 0.279. The summed E-state index contributed by atoms with van der Waals surface area (Å²) in [6.45, 7) is 6.36. The lowest BCUT2D eigenvalue weighted by atomic mass is 9.93. The van der Waals surface area contributed by atoms with Crippen LogP contribution in [0, 0.1) is 25.7 Å². The lowest BCUT2D eigenvalue weighted by Crippen LogP contribution is -2.12. The summed E-state index contributed by atoms with van der Waals surface area (Å²) in [5, 5.41) is 0. The molecule has 1 nitrogen and oxygen atoms in total. The van der Waals surface area contributed by atoms with Gasteiger partial charge in [-0.2, -0.15) is 0 Å². The van der Waals surface area contributed by atoms with Crippen LogP contribution in [-0.4, -0.2) is 5.78 Å². The fraction of sp³-hybridized carbons (Fsp3) is 0.562. The number of aryl methyl sites for hydroxylation is 2. The predicted octanol–water partition coefficient (Wildman–Crippen LogP) is 4.31. The van der Waals surface area contributed by atoms with Crippen molar-refractivity contribution in [1.82, 2.24) is 0 Å². The minimum atomic E-state index is 0.279.